The van der Waals surface area contributed by atoms with Crippen LogP contribution in [0.1, 0.15) is 26.3 Å². The zero-order valence-corrected chi connectivity index (χ0v) is 27.6. The van der Waals surface area contributed by atoms with Crippen molar-refractivity contribution < 1.29 is 26.2 Å². The summed E-state index contributed by atoms with van der Waals surface area (Å²) in [5.74, 6) is 0.871. The van der Waals surface area contributed by atoms with E-state index < -0.39 is 0 Å². The summed E-state index contributed by atoms with van der Waals surface area (Å²) in [5, 5.41) is 10.9. The zero-order valence-electron chi connectivity index (χ0n) is 25.3. The van der Waals surface area contributed by atoms with Crippen LogP contribution in [-0.2, 0) is 26.5 Å². The van der Waals surface area contributed by atoms with Gasteiger partial charge < -0.3 is 5.11 Å². The third kappa shape index (κ3) is 5.86. The van der Waals surface area contributed by atoms with E-state index in [2.05, 4.69) is 104 Å². The Hall–Kier alpha value is -4.79. The first-order valence-corrected chi connectivity index (χ1v) is 14.8. The van der Waals surface area contributed by atoms with Crippen LogP contribution in [0, 0.1) is 6.07 Å². The fourth-order valence-corrected chi connectivity index (χ4v) is 5.67. The monoisotopic (exact) mass is 765 g/mol. The molecule has 224 valence electrons. The molecule has 4 nitrogen and oxygen atoms in total. The molecule has 7 aromatic rings. The molecule has 0 aliphatic rings. The number of aromatic nitrogens is 3. The van der Waals surface area contributed by atoms with Crippen LogP contribution in [0.25, 0.3) is 61.6 Å². The molecule has 0 amide bonds. The average molecular weight is 766 g/mol. The van der Waals surface area contributed by atoms with Crippen molar-refractivity contribution in [1.82, 2.24) is 14.5 Å². The van der Waals surface area contributed by atoms with E-state index in [1.54, 1.807) is 6.07 Å². The van der Waals surface area contributed by atoms with Crippen LogP contribution in [0.5, 0.6) is 5.75 Å². The molecule has 0 bridgehead atoms. The summed E-state index contributed by atoms with van der Waals surface area (Å²) in [5.41, 5.74) is 10.5. The van der Waals surface area contributed by atoms with Crippen LogP contribution < -0.4 is 0 Å². The van der Waals surface area contributed by atoms with E-state index >= 15 is 0 Å². The zero-order chi connectivity index (χ0) is 30.3. The Morgan fingerprint density at radius 3 is 2.07 bits per heavy atom. The minimum Gasteiger partial charge on any atom is -0.507 e. The number of phenolic OH excluding ortho intramolecular Hbond substituents is 1. The van der Waals surface area contributed by atoms with Crippen LogP contribution in [0.2, 0.25) is 0 Å². The Labute approximate surface area is 278 Å². The van der Waals surface area contributed by atoms with Crippen LogP contribution in [0.4, 0.5) is 0 Å². The molecule has 0 aliphatic carbocycles. The van der Waals surface area contributed by atoms with E-state index in [1.165, 1.54) is 5.56 Å². The van der Waals surface area contributed by atoms with Gasteiger partial charge in [-0.05, 0) is 52.9 Å². The summed E-state index contributed by atoms with van der Waals surface area (Å²) in [6, 6.07) is 46.5. The summed E-state index contributed by atoms with van der Waals surface area (Å²) in [6.45, 7) is 6.68. The summed E-state index contributed by atoms with van der Waals surface area (Å²) in [6.07, 6.45) is 1.87. The maximum atomic E-state index is 10.9. The van der Waals surface area contributed by atoms with Crippen molar-refractivity contribution in [2.24, 2.45) is 0 Å². The number of imidazole rings is 1. The molecule has 45 heavy (non-hydrogen) atoms. The molecule has 0 saturated carbocycles. The number of nitrogens with zero attached hydrogens (tertiary/aromatic N) is 3. The van der Waals surface area contributed by atoms with Gasteiger partial charge in [-0.15, -0.1) is 29.3 Å². The number of phenols is 1. The number of benzene rings is 5. The number of pyridine rings is 1. The first-order valence-electron chi connectivity index (χ1n) is 14.8. The minimum absolute atomic E-state index is 0. The standard InChI is InChI=1S/C40H32N3O.Pt/c1-40(2,3)31-24-29(23-30(25-31)35-26-28(21-22-41-35)27-13-6-4-7-14-27)33-18-12-19-36-38(33)42-39(34-17-10-11-20-37(34)44)43(36)32-15-8-5-9-16-32;/h4-22,24-26,44H,1-3H3;/q-1;. The summed E-state index contributed by atoms with van der Waals surface area (Å²) >= 11 is 0. The van der Waals surface area contributed by atoms with Gasteiger partial charge in [0.1, 0.15) is 11.6 Å². The maximum Gasteiger partial charge on any atom is 0.148 e. The van der Waals surface area contributed by atoms with Crippen molar-refractivity contribution in [3.8, 4) is 56.3 Å². The molecule has 2 heterocycles. The Kier molecular flexibility index (Phi) is 8.27. The van der Waals surface area contributed by atoms with Crippen molar-refractivity contribution >= 4 is 11.0 Å². The van der Waals surface area contributed by atoms with Crippen molar-refractivity contribution in [2.45, 2.75) is 26.2 Å². The summed E-state index contributed by atoms with van der Waals surface area (Å²) in [7, 11) is 0. The second kappa shape index (κ2) is 12.3. The van der Waals surface area contributed by atoms with E-state index in [-0.39, 0.29) is 32.2 Å². The van der Waals surface area contributed by atoms with Gasteiger partial charge in [0, 0.05) is 38.6 Å². The molecule has 0 atom stereocenters. The largest absolute Gasteiger partial charge is 0.507 e. The van der Waals surface area contributed by atoms with E-state index in [0.29, 0.717) is 11.4 Å². The van der Waals surface area contributed by atoms with Gasteiger partial charge in [0.05, 0.1) is 16.6 Å². The topological polar surface area (TPSA) is 50.9 Å². The number of fused-ring (bicyclic) bond motifs is 1. The second-order valence-electron chi connectivity index (χ2n) is 12.0. The molecule has 2 aromatic heterocycles. The normalized spacial score (nSPS) is 11.4. The van der Waals surface area contributed by atoms with Crippen molar-refractivity contribution in [3.63, 3.8) is 0 Å². The van der Waals surface area contributed by atoms with Crippen LogP contribution in [-0.4, -0.2) is 19.6 Å². The van der Waals surface area contributed by atoms with Crippen molar-refractivity contribution in [2.75, 3.05) is 0 Å². The molecule has 5 heteroatoms. The van der Waals surface area contributed by atoms with Crippen molar-refractivity contribution in [1.29, 1.82) is 0 Å². The first-order chi connectivity index (χ1) is 21.4. The van der Waals surface area contributed by atoms with E-state index in [0.717, 1.165) is 50.2 Å². The van der Waals surface area contributed by atoms with Crippen LogP contribution in [0.15, 0.2) is 134 Å². The molecule has 0 unspecified atom stereocenters. The fraction of sp³-hybridized carbons (Fsp3) is 0.100. The predicted octanol–water partition coefficient (Wildman–Crippen LogP) is 9.89. The summed E-state index contributed by atoms with van der Waals surface area (Å²) in [4.78, 5) is 10.00. The van der Waals surface area contributed by atoms with Gasteiger partial charge in [-0.1, -0.05) is 111 Å². The quantitative estimate of drug-likeness (QED) is 0.178. The SMILES string of the molecule is CC(C)(C)c1cc(-c2cc(-c3ccccc3)ccn2)[c-]c(-c2cccc3c2nc(-c2ccccc2O)n3-c2ccccc2)c1.[Pt]. The van der Waals surface area contributed by atoms with E-state index in [9.17, 15) is 5.11 Å². The Balaban J connectivity index is 0.00000357. The molecule has 0 fully saturated rings. The summed E-state index contributed by atoms with van der Waals surface area (Å²) < 4.78 is 2.12. The Morgan fingerprint density at radius 1 is 0.667 bits per heavy atom. The molecule has 5 aromatic carbocycles. The van der Waals surface area contributed by atoms with Gasteiger partial charge in [-0.25, -0.2) is 4.98 Å². The number of hydrogen-bond donors (Lipinski definition) is 1. The van der Waals surface area contributed by atoms with Crippen LogP contribution in [0.3, 0.4) is 0 Å². The van der Waals surface area contributed by atoms with Gasteiger partial charge in [0.25, 0.3) is 0 Å². The first kappa shape index (κ1) is 30.2. The van der Waals surface area contributed by atoms with Gasteiger partial charge in [-0.3, -0.25) is 9.55 Å². The molecule has 0 radical (unpaired) electrons. The molecule has 0 spiro atoms. The minimum atomic E-state index is -0.103. The van der Waals surface area contributed by atoms with E-state index in [4.69, 9.17) is 9.97 Å². The fourth-order valence-electron chi connectivity index (χ4n) is 5.67. The van der Waals surface area contributed by atoms with Crippen LogP contribution >= 0.6 is 0 Å². The Bertz CT molecular complexity index is 2110. The Morgan fingerprint density at radius 2 is 1.33 bits per heavy atom. The third-order valence-electron chi connectivity index (χ3n) is 8.01. The molecule has 1 N–H and O–H groups in total. The van der Waals surface area contributed by atoms with E-state index in [1.807, 2.05) is 54.7 Å². The molecular weight excluding hydrogens is 734 g/mol. The number of para-hydroxylation sites is 3. The second-order valence-corrected chi connectivity index (χ2v) is 12.0. The number of rotatable bonds is 5. The average Bonchev–Trinajstić information content (AvgIpc) is 3.45. The number of aromatic hydroxyl groups is 1. The van der Waals surface area contributed by atoms with Gasteiger partial charge in [-0.2, -0.15) is 0 Å². The molecular formula is C40H32N3OPt-. The molecule has 7 rings (SSSR count). The number of hydrogen-bond acceptors (Lipinski definition) is 3. The smallest absolute Gasteiger partial charge is 0.148 e. The van der Waals surface area contributed by atoms with Gasteiger partial charge >= 0.3 is 0 Å². The molecule has 0 saturated heterocycles. The van der Waals surface area contributed by atoms with Gasteiger partial charge in [0.15, 0.2) is 0 Å². The molecule has 0 aliphatic heterocycles. The predicted molar refractivity (Wildman–Crippen MR) is 180 cm³/mol. The van der Waals surface area contributed by atoms with Gasteiger partial charge in [0.2, 0.25) is 0 Å². The third-order valence-corrected chi connectivity index (χ3v) is 8.01. The maximum absolute atomic E-state index is 10.9. The van der Waals surface area contributed by atoms with Crippen molar-refractivity contribution in [3.05, 3.63) is 145 Å².